The van der Waals surface area contributed by atoms with Gasteiger partial charge in [0, 0.05) is 34.7 Å². The predicted molar refractivity (Wildman–Crippen MR) is 73.2 cm³/mol. The highest BCUT2D eigenvalue weighted by Crippen LogP contribution is 2.23. The molecule has 0 bridgehead atoms. The molecule has 2 aromatic rings. The van der Waals surface area contributed by atoms with Crippen LogP contribution in [0.1, 0.15) is 10.6 Å². The van der Waals surface area contributed by atoms with Crippen molar-refractivity contribution in [3.63, 3.8) is 0 Å². The molecular formula is C12H10BrN3S. The number of aromatic nitrogens is 1. The summed E-state index contributed by atoms with van der Waals surface area (Å²) >= 11 is 5.10. The third-order valence-electron chi connectivity index (χ3n) is 2.24. The van der Waals surface area contributed by atoms with E-state index in [1.807, 2.05) is 23.7 Å². The van der Waals surface area contributed by atoms with E-state index >= 15 is 0 Å². The van der Waals surface area contributed by atoms with Crippen LogP contribution in [-0.4, -0.2) is 11.5 Å². The molecule has 2 rings (SSSR count). The molecule has 0 radical (unpaired) electrons. The highest BCUT2D eigenvalue weighted by atomic mass is 79.9. The summed E-state index contributed by atoms with van der Waals surface area (Å²) in [5.74, 6) is 0. The number of rotatable bonds is 4. The van der Waals surface area contributed by atoms with Gasteiger partial charge in [-0.25, -0.2) is 4.98 Å². The Balaban J connectivity index is 1.93. The van der Waals surface area contributed by atoms with Gasteiger partial charge in [-0.3, -0.25) is 0 Å². The average molecular weight is 308 g/mol. The molecular weight excluding hydrogens is 298 g/mol. The highest BCUT2D eigenvalue weighted by Gasteiger charge is 2.01. The number of hydrogen-bond donors (Lipinski definition) is 1. The first-order chi connectivity index (χ1) is 8.29. The van der Waals surface area contributed by atoms with Crippen molar-refractivity contribution in [2.75, 3.05) is 11.9 Å². The first kappa shape index (κ1) is 12.1. The van der Waals surface area contributed by atoms with Gasteiger partial charge in [0.15, 0.2) is 0 Å². The Hall–Kier alpha value is -1.38. The number of benzene rings is 1. The molecule has 0 saturated heterocycles. The quantitative estimate of drug-likeness (QED) is 0.941. The normalized spacial score (nSPS) is 9.88. The number of hydrogen-bond acceptors (Lipinski definition) is 4. The van der Waals surface area contributed by atoms with Gasteiger partial charge in [0.25, 0.3) is 0 Å². The number of nitrogens with one attached hydrogen (secondary N) is 1. The number of nitriles is 1. The molecule has 0 unspecified atom stereocenters. The minimum Gasteiger partial charge on any atom is -0.384 e. The Labute approximate surface area is 112 Å². The lowest BCUT2D eigenvalue weighted by Gasteiger charge is -2.07. The van der Waals surface area contributed by atoms with Gasteiger partial charge in [-0.15, -0.1) is 11.3 Å². The van der Waals surface area contributed by atoms with Crippen LogP contribution in [0.4, 0.5) is 5.69 Å². The predicted octanol–water partition coefficient (Wildman–Crippen LogP) is 3.43. The van der Waals surface area contributed by atoms with E-state index in [0.717, 1.165) is 28.1 Å². The van der Waals surface area contributed by atoms with Crippen LogP contribution >= 0.6 is 27.3 Å². The standard InChI is InChI=1S/C12H10BrN3S/c13-10-7-9(8-14)1-2-11(10)15-4-3-12-16-5-6-17-12/h1-2,5-7,15H,3-4H2. The summed E-state index contributed by atoms with van der Waals surface area (Å²) in [6.07, 6.45) is 2.72. The van der Waals surface area contributed by atoms with E-state index in [4.69, 9.17) is 5.26 Å². The molecule has 1 heterocycles. The minimum absolute atomic E-state index is 0.655. The Kier molecular flexibility index (Phi) is 4.13. The second-order valence-electron chi connectivity index (χ2n) is 3.41. The maximum atomic E-state index is 8.76. The van der Waals surface area contributed by atoms with E-state index < -0.39 is 0 Å². The monoisotopic (exact) mass is 307 g/mol. The fourth-order valence-corrected chi connectivity index (χ4v) is 2.55. The summed E-state index contributed by atoms with van der Waals surface area (Å²) in [4.78, 5) is 4.22. The lowest BCUT2D eigenvalue weighted by molar-refractivity contribution is 0.997. The van der Waals surface area contributed by atoms with Crippen LogP contribution in [0, 0.1) is 11.3 Å². The van der Waals surface area contributed by atoms with Crippen LogP contribution < -0.4 is 5.32 Å². The first-order valence-electron chi connectivity index (χ1n) is 5.11. The van der Waals surface area contributed by atoms with Crippen molar-refractivity contribution < 1.29 is 0 Å². The topological polar surface area (TPSA) is 48.7 Å². The van der Waals surface area contributed by atoms with Crippen LogP contribution in [-0.2, 0) is 6.42 Å². The summed E-state index contributed by atoms with van der Waals surface area (Å²) in [6, 6.07) is 7.63. The Morgan fingerprint density at radius 3 is 3.00 bits per heavy atom. The Morgan fingerprint density at radius 2 is 2.35 bits per heavy atom. The van der Waals surface area contributed by atoms with Crippen molar-refractivity contribution in [2.45, 2.75) is 6.42 Å². The van der Waals surface area contributed by atoms with Gasteiger partial charge in [-0.2, -0.15) is 5.26 Å². The molecule has 86 valence electrons. The second kappa shape index (κ2) is 5.80. The van der Waals surface area contributed by atoms with Gasteiger partial charge < -0.3 is 5.32 Å². The molecule has 0 atom stereocenters. The second-order valence-corrected chi connectivity index (χ2v) is 5.24. The maximum absolute atomic E-state index is 8.76. The zero-order chi connectivity index (χ0) is 12.1. The number of anilines is 1. The van der Waals surface area contributed by atoms with Gasteiger partial charge in [-0.1, -0.05) is 0 Å². The van der Waals surface area contributed by atoms with E-state index in [0.29, 0.717) is 5.56 Å². The first-order valence-corrected chi connectivity index (χ1v) is 6.79. The van der Waals surface area contributed by atoms with E-state index in [1.165, 1.54) is 0 Å². The number of halogens is 1. The van der Waals surface area contributed by atoms with Crippen molar-refractivity contribution in [3.8, 4) is 6.07 Å². The maximum Gasteiger partial charge on any atom is 0.0992 e. The molecule has 0 aliphatic heterocycles. The van der Waals surface area contributed by atoms with Crippen molar-refractivity contribution in [1.29, 1.82) is 5.26 Å². The van der Waals surface area contributed by atoms with Crippen LogP contribution in [0.5, 0.6) is 0 Å². The molecule has 1 aromatic carbocycles. The molecule has 0 amide bonds. The minimum atomic E-state index is 0.655. The lowest BCUT2D eigenvalue weighted by Crippen LogP contribution is -2.05. The van der Waals surface area contributed by atoms with Crippen molar-refractivity contribution in [2.24, 2.45) is 0 Å². The molecule has 0 spiro atoms. The fourth-order valence-electron chi connectivity index (χ4n) is 1.41. The molecule has 0 fully saturated rings. The SMILES string of the molecule is N#Cc1ccc(NCCc2nccs2)c(Br)c1. The van der Waals surface area contributed by atoms with Crippen LogP contribution in [0.3, 0.4) is 0 Å². The van der Waals surface area contributed by atoms with Crippen LogP contribution in [0.2, 0.25) is 0 Å². The molecule has 5 heteroatoms. The van der Waals surface area contributed by atoms with E-state index in [1.54, 1.807) is 17.4 Å². The van der Waals surface area contributed by atoms with Crippen LogP contribution in [0.25, 0.3) is 0 Å². The largest absolute Gasteiger partial charge is 0.384 e. The third-order valence-corrected chi connectivity index (χ3v) is 3.73. The lowest BCUT2D eigenvalue weighted by atomic mass is 10.2. The number of thiazole rings is 1. The average Bonchev–Trinajstić information content (AvgIpc) is 2.84. The Bertz CT molecular complexity index is 531. The zero-order valence-corrected chi connectivity index (χ0v) is 11.4. The van der Waals surface area contributed by atoms with E-state index in [-0.39, 0.29) is 0 Å². The molecule has 17 heavy (non-hydrogen) atoms. The molecule has 1 N–H and O–H groups in total. The van der Waals surface area contributed by atoms with Crippen molar-refractivity contribution >= 4 is 33.0 Å². The Morgan fingerprint density at radius 1 is 1.47 bits per heavy atom. The van der Waals surface area contributed by atoms with Crippen molar-refractivity contribution in [1.82, 2.24) is 4.98 Å². The van der Waals surface area contributed by atoms with Gasteiger partial charge in [0.1, 0.15) is 0 Å². The molecule has 0 saturated carbocycles. The van der Waals surface area contributed by atoms with E-state index in [2.05, 4.69) is 32.3 Å². The fraction of sp³-hybridized carbons (Fsp3) is 0.167. The smallest absolute Gasteiger partial charge is 0.0992 e. The van der Waals surface area contributed by atoms with Gasteiger partial charge in [0.2, 0.25) is 0 Å². The van der Waals surface area contributed by atoms with Gasteiger partial charge in [-0.05, 0) is 34.1 Å². The molecule has 0 aliphatic carbocycles. The third kappa shape index (κ3) is 3.29. The summed E-state index contributed by atoms with van der Waals surface area (Å²) in [5.41, 5.74) is 1.66. The summed E-state index contributed by atoms with van der Waals surface area (Å²) in [5, 5.41) is 15.2. The van der Waals surface area contributed by atoms with Crippen molar-refractivity contribution in [3.05, 3.63) is 44.8 Å². The number of nitrogens with zero attached hydrogens (tertiary/aromatic N) is 2. The van der Waals surface area contributed by atoms with Gasteiger partial charge in [0.05, 0.1) is 16.6 Å². The molecule has 1 aromatic heterocycles. The van der Waals surface area contributed by atoms with E-state index in [9.17, 15) is 0 Å². The summed E-state index contributed by atoms with van der Waals surface area (Å²) in [7, 11) is 0. The summed E-state index contributed by atoms with van der Waals surface area (Å²) < 4.78 is 0.913. The molecule has 0 aliphatic rings. The highest BCUT2D eigenvalue weighted by molar-refractivity contribution is 9.10. The van der Waals surface area contributed by atoms with Gasteiger partial charge >= 0.3 is 0 Å². The summed E-state index contributed by atoms with van der Waals surface area (Å²) in [6.45, 7) is 0.831. The zero-order valence-electron chi connectivity index (χ0n) is 8.98. The van der Waals surface area contributed by atoms with Crippen LogP contribution in [0.15, 0.2) is 34.2 Å². The molecule has 3 nitrogen and oxygen atoms in total.